The van der Waals surface area contributed by atoms with Crippen LogP contribution in [0.4, 0.5) is 0 Å². The topological polar surface area (TPSA) is 38.4 Å². The van der Waals surface area contributed by atoms with Crippen molar-refractivity contribution >= 4 is 16.8 Å². The SMILES string of the molecule is NCC1CCC2N=C(C3CCC3)SC2C1. The fourth-order valence-electron chi connectivity index (χ4n) is 2.89. The number of thioether (sulfide) groups is 1. The van der Waals surface area contributed by atoms with Crippen molar-refractivity contribution in [3.05, 3.63) is 0 Å². The molecule has 2 aliphatic carbocycles. The molecule has 3 heteroatoms. The summed E-state index contributed by atoms with van der Waals surface area (Å²) in [4.78, 5) is 4.94. The van der Waals surface area contributed by atoms with E-state index < -0.39 is 0 Å². The lowest BCUT2D eigenvalue weighted by Gasteiger charge is -2.29. The minimum Gasteiger partial charge on any atom is -0.330 e. The number of fused-ring (bicyclic) bond motifs is 1. The summed E-state index contributed by atoms with van der Waals surface area (Å²) in [5, 5.41) is 2.27. The normalized spacial score (nSPS) is 40.9. The maximum atomic E-state index is 5.77. The molecule has 0 spiro atoms. The van der Waals surface area contributed by atoms with Gasteiger partial charge in [-0.1, -0.05) is 6.42 Å². The largest absolute Gasteiger partial charge is 0.330 e. The highest BCUT2D eigenvalue weighted by atomic mass is 32.2. The molecule has 0 bridgehead atoms. The van der Waals surface area contributed by atoms with E-state index in [0.717, 1.165) is 23.6 Å². The zero-order valence-electron chi connectivity index (χ0n) is 9.19. The van der Waals surface area contributed by atoms with Crippen molar-refractivity contribution in [3.8, 4) is 0 Å². The van der Waals surface area contributed by atoms with Crippen LogP contribution in [-0.4, -0.2) is 22.9 Å². The zero-order valence-corrected chi connectivity index (χ0v) is 10.0. The number of rotatable bonds is 2. The number of hydrogen-bond donors (Lipinski definition) is 1. The van der Waals surface area contributed by atoms with Crippen LogP contribution in [-0.2, 0) is 0 Å². The van der Waals surface area contributed by atoms with Crippen molar-refractivity contribution in [1.82, 2.24) is 0 Å². The van der Waals surface area contributed by atoms with Gasteiger partial charge < -0.3 is 5.73 Å². The van der Waals surface area contributed by atoms with Gasteiger partial charge in [0.1, 0.15) is 0 Å². The highest BCUT2D eigenvalue weighted by Gasteiger charge is 2.38. The molecular weight excluding hydrogens is 204 g/mol. The molecule has 0 aromatic rings. The molecule has 3 atom stereocenters. The van der Waals surface area contributed by atoms with E-state index in [1.54, 1.807) is 0 Å². The lowest BCUT2D eigenvalue weighted by molar-refractivity contribution is 0.345. The van der Waals surface area contributed by atoms with Crippen molar-refractivity contribution in [1.29, 1.82) is 0 Å². The van der Waals surface area contributed by atoms with Crippen LogP contribution < -0.4 is 5.73 Å². The first-order valence-corrected chi connectivity index (χ1v) is 7.19. The Morgan fingerprint density at radius 2 is 2.13 bits per heavy atom. The third-order valence-electron chi connectivity index (χ3n) is 4.22. The molecule has 3 unspecified atom stereocenters. The van der Waals surface area contributed by atoms with E-state index in [4.69, 9.17) is 10.7 Å². The van der Waals surface area contributed by atoms with E-state index in [1.807, 2.05) is 0 Å². The van der Waals surface area contributed by atoms with Gasteiger partial charge in [0.25, 0.3) is 0 Å². The molecule has 1 heterocycles. The molecule has 0 radical (unpaired) electrons. The molecular formula is C12H20N2S. The van der Waals surface area contributed by atoms with Crippen molar-refractivity contribution in [3.63, 3.8) is 0 Å². The van der Waals surface area contributed by atoms with E-state index in [0.29, 0.717) is 6.04 Å². The van der Waals surface area contributed by atoms with Crippen LogP contribution in [0.3, 0.4) is 0 Å². The highest BCUT2D eigenvalue weighted by Crippen LogP contribution is 2.44. The van der Waals surface area contributed by atoms with Crippen molar-refractivity contribution in [2.75, 3.05) is 6.54 Å². The molecule has 0 aromatic heterocycles. The summed E-state index contributed by atoms with van der Waals surface area (Å²) in [5.74, 6) is 1.62. The van der Waals surface area contributed by atoms with Gasteiger partial charge in [0.2, 0.25) is 0 Å². The second kappa shape index (κ2) is 4.10. The lowest BCUT2D eigenvalue weighted by Crippen LogP contribution is -2.31. The van der Waals surface area contributed by atoms with Crippen LogP contribution in [0.2, 0.25) is 0 Å². The molecule has 15 heavy (non-hydrogen) atoms. The Balaban J connectivity index is 1.64. The van der Waals surface area contributed by atoms with Gasteiger partial charge in [0, 0.05) is 11.2 Å². The molecule has 3 aliphatic rings. The molecule has 3 rings (SSSR count). The molecule has 84 valence electrons. The van der Waals surface area contributed by atoms with E-state index in [2.05, 4.69) is 11.8 Å². The van der Waals surface area contributed by atoms with Crippen LogP contribution in [0.1, 0.15) is 38.5 Å². The fraction of sp³-hybridized carbons (Fsp3) is 0.917. The monoisotopic (exact) mass is 224 g/mol. The summed E-state index contributed by atoms with van der Waals surface area (Å²) in [7, 11) is 0. The maximum Gasteiger partial charge on any atom is 0.0714 e. The van der Waals surface area contributed by atoms with Crippen LogP contribution in [0.15, 0.2) is 4.99 Å². The van der Waals surface area contributed by atoms with Crippen molar-refractivity contribution in [2.24, 2.45) is 22.6 Å². The summed E-state index contributed by atoms with van der Waals surface area (Å²) in [6.45, 7) is 0.878. The van der Waals surface area contributed by atoms with Gasteiger partial charge in [0.05, 0.1) is 11.1 Å². The Morgan fingerprint density at radius 1 is 1.27 bits per heavy atom. The quantitative estimate of drug-likeness (QED) is 0.782. The van der Waals surface area contributed by atoms with E-state index in [-0.39, 0.29) is 0 Å². The molecule has 0 amide bonds. The van der Waals surface area contributed by atoms with Gasteiger partial charge in [-0.25, -0.2) is 0 Å². The Hall–Kier alpha value is -0.0200. The zero-order chi connectivity index (χ0) is 10.3. The van der Waals surface area contributed by atoms with Crippen LogP contribution in [0.25, 0.3) is 0 Å². The van der Waals surface area contributed by atoms with Gasteiger partial charge in [0.15, 0.2) is 0 Å². The van der Waals surface area contributed by atoms with Gasteiger partial charge in [-0.3, -0.25) is 4.99 Å². The molecule has 0 aromatic carbocycles. The predicted molar refractivity (Wildman–Crippen MR) is 66.3 cm³/mol. The van der Waals surface area contributed by atoms with Gasteiger partial charge in [-0.2, -0.15) is 0 Å². The minimum absolute atomic E-state index is 0.647. The fourth-order valence-corrected chi connectivity index (χ4v) is 4.55. The average Bonchev–Trinajstić information content (AvgIpc) is 2.56. The number of nitrogens with zero attached hydrogens (tertiary/aromatic N) is 1. The van der Waals surface area contributed by atoms with Crippen molar-refractivity contribution in [2.45, 2.75) is 49.8 Å². The van der Waals surface area contributed by atoms with Gasteiger partial charge >= 0.3 is 0 Å². The minimum atomic E-state index is 0.647. The summed E-state index contributed by atoms with van der Waals surface area (Å²) in [5.41, 5.74) is 5.77. The maximum absolute atomic E-state index is 5.77. The first-order valence-electron chi connectivity index (χ1n) is 6.31. The predicted octanol–water partition coefficient (Wildman–Crippen LogP) is 2.43. The third-order valence-corrected chi connectivity index (χ3v) is 5.71. The lowest BCUT2D eigenvalue weighted by atomic mass is 9.85. The summed E-state index contributed by atoms with van der Waals surface area (Å²) < 4.78 is 0. The van der Waals surface area contributed by atoms with Gasteiger partial charge in [-0.15, -0.1) is 11.8 Å². The molecule has 2 nitrogen and oxygen atoms in total. The third kappa shape index (κ3) is 1.84. The first kappa shape index (κ1) is 10.2. The second-order valence-electron chi connectivity index (χ2n) is 5.23. The Morgan fingerprint density at radius 3 is 2.80 bits per heavy atom. The molecule has 2 fully saturated rings. The van der Waals surface area contributed by atoms with Crippen LogP contribution in [0.5, 0.6) is 0 Å². The highest BCUT2D eigenvalue weighted by molar-refractivity contribution is 8.14. The first-order chi connectivity index (χ1) is 7.36. The standard InChI is InChI=1S/C12H20N2S/c13-7-8-4-5-10-11(6-8)15-12(14-10)9-2-1-3-9/h8-11H,1-7,13H2. The molecule has 1 aliphatic heterocycles. The number of aliphatic imine (C=N–C) groups is 1. The summed E-state index contributed by atoms with van der Waals surface area (Å²) in [6, 6.07) is 0.647. The molecule has 0 saturated heterocycles. The number of hydrogen-bond acceptors (Lipinski definition) is 3. The summed E-state index contributed by atoms with van der Waals surface area (Å²) >= 11 is 2.09. The Labute approximate surface area is 96.1 Å². The van der Waals surface area contributed by atoms with Gasteiger partial charge in [-0.05, 0) is 44.6 Å². The number of nitrogens with two attached hydrogens (primary N) is 1. The summed E-state index contributed by atoms with van der Waals surface area (Å²) in [6.07, 6.45) is 8.11. The second-order valence-corrected chi connectivity index (χ2v) is 6.49. The van der Waals surface area contributed by atoms with E-state index in [9.17, 15) is 0 Å². The van der Waals surface area contributed by atoms with Crippen LogP contribution in [0, 0.1) is 11.8 Å². The smallest absolute Gasteiger partial charge is 0.0714 e. The van der Waals surface area contributed by atoms with Crippen molar-refractivity contribution < 1.29 is 0 Å². The van der Waals surface area contributed by atoms with Crippen LogP contribution >= 0.6 is 11.8 Å². The molecule has 2 N–H and O–H groups in total. The average molecular weight is 224 g/mol. The van der Waals surface area contributed by atoms with E-state index >= 15 is 0 Å². The van der Waals surface area contributed by atoms with E-state index in [1.165, 1.54) is 43.6 Å². The molecule has 2 saturated carbocycles. The Kier molecular flexibility index (Phi) is 2.77. The Bertz CT molecular complexity index is 273.